The van der Waals surface area contributed by atoms with Crippen molar-refractivity contribution in [3.8, 4) is 0 Å². The van der Waals surface area contributed by atoms with Gasteiger partial charge in [-0.25, -0.2) is 9.38 Å². The minimum atomic E-state index is -0.459. The van der Waals surface area contributed by atoms with Crippen molar-refractivity contribution in [1.29, 1.82) is 0 Å². The molecule has 34 heavy (non-hydrogen) atoms. The van der Waals surface area contributed by atoms with Crippen molar-refractivity contribution in [3.63, 3.8) is 0 Å². The van der Waals surface area contributed by atoms with E-state index in [1.807, 2.05) is 18.2 Å². The molecular formula is C28H27BrFN3O. The molecule has 4 nitrogen and oxygen atoms in total. The third kappa shape index (κ3) is 6.00. The summed E-state index contributed by atoms with van der Waals surface area (Å²) in [5.74, 6) is -0.847. The van der Waals surface area contributed by atoms with Crippen LogP contribution in [-0.2, 0) is 19.3 Å². The van der Waals surface area contributed by atoms with E-state index in [-0.39, 0.29) is 11.5 Å². The standard InChI is InChI=1S/C28H27BrFN3O/c29-22-16-20-10-6-11-23(20)21(17-22)14-15-24-25(12-7-13-26(24)30)27(34)33-28(31)32-18-19-8-4-2-1-3-5-9-19/h2,4-10,12-13,16-17H,1,3,11,14-15,18H2,(H3,31,32,33,34)/b4-2-,9-5-,19-8+. The zero-order valence-electron chi connectivity index (χ0n) is 18.9. The number of halogens is 2. The van der Waals surface area contributed by atoms with Gasteiger partial charge in [0.05, 0.1) is 6.54 Å². The molecule has 2 aliphatic carbocycles. The van der Waals surface area contributed by atoms with Crippen LogP contribution in [0.5, 0.6) is 0 Å². The van der Waals surface area contributed by atoms with E-state index >= 15 is 0 Å². The van der Waals surface area contributed by atoms with Crippen LogP contribution in [-0.4, -0.2) is 18.4 Å². The minimum Gasteiger partial charge on any atom is -0.370 e. The number of benzene rings is 2. The van der Waals surface area contributed by atoms with Crippen LogP contribution in [0, 0.1) is 5.82 Å². The molecule has 0 fully saturated rings. The number of aryl methyl sites for hydroxylation is 1. The molecule has 0 radical (unpaired) electrons. The van der Waals surface area contributed by atoms with Gasteiger partial charge in [0.25, 0.3) is 5.91 Å². The van der Waals surface area contributed by atoms with Crippen molar-refractivity contribution in [3.05, 3.63) is 110 Å². The lowest BCUT2D eigenvalue weighted by Gasteiger charge is -2.13. The summed E-state index contributed by atoms with van der Waals surface area (Å²) >= 11 is 3.56. The maximum absolute atomic E-state index is 14.8. The van der Waals surface area contributed by atoms with Gasteiger partial charge in [0, 0.05) is 15.6 Å². The normalized spacial score (nSPS) is 18.4. The number of guanidine groups is 1. The Morgan fingerprint density at radius 1 is 1.12 bits per heavy atom. The Morgan fingerprint density at radius 3 is 2.85 bits per heavy atom. The highest BCUT2D eigenvalue weighted by Gasteiger charge is 2.18. The molecule has 0 saturated heterocycles. The number of nitrogens with one attached hydrogen (secondary N) is 1. The lowest BCUT2D eigenvalue weighted by molar-refractivity contribution is 0.0975. The molecule has 0 saturated carbocycles. The first kappa shape index (κ1) is 23.9. The second kappa shape index (κ2) is 11.3. The van der Waals surface area contributed by atoms with Crippen LogP contribution in [0.3, 0.4) is 0 Å². The molecular weight excluding hydrogens is 493 g/mol. The number of hydrogen-bond acceptors (Lipinski definition) is 2. The van der Waals surface area contributed by atoms with Crippen molar-refractivity contribution in [2.24, 2.45) is 10.7 Å². The largest absolute Gasteiger partial charge is 0.370 e. The number of amides is 1. The summed E-state index contributed by atoms with van der Waals surface area (Å²) in [6.07, 6.45) is 18.3. The van der Waals surface area contributed by atoms with Gasteiger partial charge < -0.3 is 5.73 Å². The van der Waals surface area contributed by atoms with Crippen molar-refractivity contribution in [1.82, 2.24) is 5.32 Å². The van der Waals surface area contributed by atoms with Gasteiger partial charge in [-0.15, -0.1) is 0 Å². The van der Waals surface area contributed by atoms with Crippen molar-refractivity contribution in [2.75, 3.05) is 6.54 Å². The van der Waals surface area contributed by atoms with E-state index < -0.39 is 11.7 Å². The SMILES string of the molecule is NC(=NCC1=C/C=C\CC/C=C\1)NC(=O)c1cccc(F)c1CCc1cc(Br)cc2c1CC=C2. The number of carbonyl (C=O) groups excluding carboxylic acids is 1. The average molecular weight is 520 g/mol. The molecule has 4 rings (SSSR count). The van der Waals surface area contributed by atoms with Crippen molar-refractivity contribution < 1.29 is 9.18 Å². The predicted molar refractivity (Wildman–Crippen MR) is 140 cm³/mol. The zero-order valence-corrected chi connectivity index (χ0v) is 20.4. The molecule has 0 bridgehead atoms. The highest BCUT2D eigenvalue weighted by atomic mass is 79.9. The first-order valence-corrected chi connectivity index (χ1v) is 12.2. The van der Waals surface area contributed by atoms with Gasteiger partial charge in [0.2, 0.25) is 0 Å². The maximum atomic E-state index is 14.8. The van der Waals surface area contributed by atoms with E-state index in [0.29, 0.717) is 24.9 Å². The number of rotatable bonds is 6. The molecule has 2 aliphatic rings. The maximum Gasteiger partial charge on any atom is 0.258 e. The molecule has 0 spiro atoms. The van der Waals surface area contributed by atoms with E-state index in [1.165, 1.54) is 23.3 Å². The molecule has 2 aromatic rings. The smallest absolute Gasteiger partial charge is 0.258 e. The van der Waals surface area contributed by atoms with E-state index in [1.54, 1.807) is 6.07 Å². The van der Waals surface area contributed by atoms with Crippen LogP contribution in [0.2, 0.25) is 0 Å². The molecule has 0 atom stereocenters. The van der Waals surface area contributed by atoms with Crippen LogP contribution >= 0.6 is 15.9 Å². The van der Waals surface area contributed by atoms with Gasteiger partial charge in [-0.2, -0.15) is 0 Å². The Hall–Kier alpha value is -3.25. The summed E-state index contributed by atoms with van der Waals surface area (Å²) in [5.41, 5.74) is 11.2. The number of nitrogens with two attached hydrogens (primary N) is 1. The van der Waals surface area contributed by atoms with E-state index in [9.17, 15) is 9.18 Å². The second-order valence-corrected chi connectivity index (χ2v) is 9.23. The zero-order chi connectivity index (χ0) is 23.9. The average Bonchev–Trinajstić information content (AvgIpc) is 3.25. The third-order valence-electron chi connectivity index (χ3n) is 5.92. The van der Waals surface area contributed by atoms with Crippen molar-refractivity contribution >= 4 is 33.9 Å². The summed E-state index contributed by atoms with van der Waals surface area (Å²) < 4.78 is 15.8. The minimum absolute atomic E-state index is 0.0106. The summed E-state index contributed by atoms with van der Waals surface area (Å²) in [7, 11) is 0. The van der Waals surface area contributed by atoms with Crippen LogP contribution in [0.4, 0.5) is 4.39 Å². The molecule has 2 aromatic carbocycles. The second-order valence-electron chi connectivity index (χ2n) is 8.31. The van der Waals surface area contributed by atoms with Gasteiger partial charge >= 0.3 is 0 Å². The summed E-state index contributed by atoms with van der Waals surface area (Å²) in [4.78, 5) is 17.2. The number of fused-ring (bicyclic) bond motifs is 1. The van der Waals surface area contributed by atoms with Gasteiger partial charge in [0.1, 0.15) is 5.82 Å². The van der Waals surface area contributed by atoms with E-state index in [0.717, 1.165) is 34.9 Å². The quantitative estimate of drug-likeness (QED) is 0.373. The van der Waals surface area contributed by atoms with Crippen LogP contribution < -0.4 is 11.1 Å². The number of aliphatic imine (C=N–C) groups is 1. The molecule has 0 unspecified atom stereocenters. The molecule has 1 amide bonds. The predicted octanol–water partition coefficient (Wildman–Crippen LogP) is 5.82. The molecule has 174 valence electrons. The van der Waals surface area contributed by atoms with E-state index in [2.05, 4.69) is 62.7 Å². The fourth-order valence-electron chi connectivity index (χ4n) is 4.20. The monoisotopic (exact) mass is 519 g/mol. The van der Waals surface area contributed by atoms with Crippen molar-refractivity contribution in [2.45, 2.75) is 32.1 Å². The molecule has 0 aliphatic heterocycles. The lowest BCUT2D eigenvalue weighted by Crippen LogP contribution is -2.37. The third-order valence-corrected chi connectivity index (χ3v) is 6.38. The first-order valence-electron chi connectivity index (χ1n) is 11.4. The van der Waals surface area contributed by atoms with Gasteiger partial charge in [-0.05, 0) is 78.6 Å². The summed E-state index contributed by atoms with van der Waals surface area (Å²) in [6, 6.07) is 8.71. The summed E-state index contributed by atoms with van der Waals surface area (Å²) in [5, 5.41) is 2.62. The van der Waals surface area contributed by atoms with Gasteiger partial charge in [-0.1, -0.05) is 64.5 Å². The van der Waals surface area contributed by atoms with Crippen LogP contribution in [0.15, 0.2) is 81.8 Å². The van der Waals surface area contributed by atoms with Gasteiger partial charge in [-0.3, -0.25) is 10.1 Å². The van der Waals surface area contributed by atoms with Crippen LogP contribution in [0.25, 0.3) is 6.08 Å². The lowest BCUT2D eigenvalue weighted by atomic mass is 9.94. The molecule has 0 aromatic heterocycles. The first-order chi connectivity index (χ1) is 16.5. The molecule has 0 heterocycles. The Labute approximate surface area is 208 Å². The number of carbonyl (C=O) groups is 1. The van der Waals surface area contributed by atoms with Crippen LogP contribution in [0.1, 0.15) is 45.5 Å². The number of nitrogens with zero attached hydrogens (tertiary/aromatic N) is 1. The topological polar surface area (TPSA) is 67.5 Å². The summed E-state index contributed by atoms with van der Waals surface area (Å²) in [6.45, 7) is 0.352. The molecule has 3 N–H and O–H groups in total. The fraction of sp³-hybridized carbons (Fsp3) is 0.214. The Morgan fingerprint density at radius 2 is 1.97 bits per heavy atom. The van der Waals surface area contributed by atoms with Gasteiger partial charge in [0.15, 0.2) is 5.96 Å². The Balaban J connectivity index is 1.46. The fourth-order valence-corrected chi connectivity index (χ4v) is 4.72. The highest BCUT2D eigenvalue weighted by Crippen LogP contribution is 2.29. The van der Waals surface area contributed by atoms with E-state index in [4.69, 9.17) is 5.73 Å². The number of allylic oxidation sites excluding steroid dienone is 5. The Bertz CT molecular complexity index is 1240. The highest BCUT2D eigenvalue weighted by molar-refractivity contribution is 9.10. The number of hydrogen-bond donors (Lipinski definition) is 2. The molecule has 6 heteroatoms. The Kier molecular flexibility index (Phi) is 7.91.